The van der Waals surface area contributed by atoms with Gasteiger partial charge in [-0.3, -0.25) is 19.4 Å². The Morgan fingerprint density at radius 1 is 1.03 bits per heavy atom. The van der Waals surface area contributed by atoms with Crippen LogP contribution in [0.2, 0.25) is 0 Å². The van der Waals surface area contributed by atoms with Gasteiger partial charge >= 0.3 is 0 Å². The van der Waals surface area contributed by atoms with Crippen molar-refractivity contribution in [3.8, 4) is 11.5 Å². The molecule has 2 aromatic carbocycles. The fourth-order valence-electron chi connectivity index (χ4n) is 4.46. The smallest absolute Gasteiger partial charge is 0.265 e. The van der Waals surface area contributed by atoms with Gasteiger partial charge in [0, 0.05) is 11.1 Å². The topological polar surface area (TPSA) is 79.3 Å². The Labute approximate surface area is 182 Å². The Bertz CT molecular complexity index is 986. The zero-order valence-electron chi connectivity index (χ0n) is 18.0. The number of aliphatic hydroxyl groups is 1. The van der Waals surface area contributed by atoms with Crippen LogP contribution in [-0.4, -0.2) is 55.7 Å². The van der Waals surface area contributed by atoms with Crippen molar-refractivity contribution < 1.29 is 24.2 Å². The molecule has 0 saturated carbocycles. The van der Waals surface area contributed by atoms with E-state index in [1.165, 1.54) is 20.6 Å². The van der Waals surface area contributed by atoms with E-state index < -0.39 is 11.5 Å². The summed E-state index contributed by atoms with van der Waals surface area (Å²) < 4.78 is 10.5. The molecule has 0 spiro atoms. The zero-order chi connectivity index (χ0) is 22.0. The van der Waals surface area contributed by atoms with Crippen LogP contribution in [-0.2, 0) is 10.4 Å². The van der Waals surface area contributed by atoms with Crippen molar-refractivity contribution in [1.82, 2.24) is 4.90 Å². The Hall–Kier alpha value is -2.90. The number of para-hydroxylation sites is 1. The zero-order valence-corrected chi connectivity index (χ0v) is 18.0. The van der Waals surface area contributed by atoms with Gasteiger partial charge in [0.2, 0.25) is 0 Å². The number of ether oxygens (including phenoxy) is 2. The summed E-state index contributed by atoms with van der Waals surface area (Å²) in [6, 6.07) is 12.0. The summed E-state index contributed by atoms with van der Waals surface area (Å²) in [4.78, 5) is 30.3. The molecule has 164 valence electrons. The van der Waals surface area contributed by atoms with Crippen molar-refractivity contribution in [2.45, 2.75) is 31.3 Å². The first-order valence-corrected chi connectivity index (χ1v) is 10.6. The van der Waals surface area contributed by atoms with Crippen LogP contribution >= 0.6 is 0 Å². The molecule has 7 nitrogen and oxygen atoms in total. The number of carbonyl (C=O) groups is 2. The summed E-state index contributed by atoms with van der Waals surface area (Å²) in [5, 5.41) is 11.5. The van der Waals surface area contributed by atoms with Gasteiger partial charge < -0.3 is 14.6 Å². The van der Waals surface area contributed by atoms with Crippen molar-refractivity contribution in [3.05, 3.63) is 53.6 Å². The molecule has 0 bridgehead atoms. The van der Waals surface area contributed by atoms with Gasteiger partial charge in [-0.15, -0.1) is 0 Å². The monoisotopic (exact) mass is 424 g/mol. The molecule has 1 fully saturated rings. The summed E-state index contributed by atoms with van der Waals surface area (Å²) in [5.74, 6) is 0.137. The third-order valence-corrected chi connectivity index (χ3v) is 6.15. The molecule has 2 aromatic rings. The van der Waals surface area contributed by atoms with Gasteiger partial charge in [0.25, 0.3) is 5.91 Å². The van der Waals surface area contributed by atoms with Crippen LogP contribution in [0, 0.1) is 0 Å². The largest absolute Gasteiger partial charge is 0.493 e. The molecule has 0 unspecified atom stereocenters. The minimum absolute atomic E-state index is 0.338. The number of benzene rings is 2. The molecule has 2 aliphatic heterocycles. The molecule has 1 saturated heterocycles. The maximum atomic E-state index is 13.4. The maximum Gasteiger partial charge on any atom is 0.265 e. The van der Waals surface area contributed by atoms with Gasteiger partial charge in [-0.25, -0.2) is 0 Å². The van der Waals surface area contributed by atoms with Gasteiger partial charge in [-0.1, -0.05) is 24.6 Å². The fourth-order valence-corrected chi connectivity index (χ4v) is 4.46. The van der Waals surface area contributed by atoms with Crippen LogP contribution in [0.25, 0.3) is 0 Å². The van der Waals surface area contributed by atoms with Crippen molar-refractivity contribution in [2.75, 3.05) is 38.9 Å². The molecule has 2 heterocycles. The number of methoxy groups -OCH3 is 2. The quantitative estimate of drug-likeness (QED) is 0.689. The summed E-state index contributed by atoms with van der Waals surface area (Å²) in [5.41, 5.74) is -0.395. The minimum atomic E-state index is -1.89. The Morgan fingerprint density at radius 3 is 2.45 bits per heavy atom. The molecule has 2 aliphatic rings. The molecule has 1 amide bonds. The lowest BCUT2D eigenvalue weighted by atomic mass is 9.88. The molecular weight excluding hydrogens is 396 g/mol. The minimum Gasteiger partial charge on any atom is -0.493 e. The number of piperidine rings is 1. The van der Waals surface area contributed by atoms with E-state index in [1.54, 1.807) is 35.2 Å². The van der Waals surface area contributed by atoms with Crippen LogP contribution < -0.4 is 14.4 Å². The van der Waals surface area contributed by atoms with Crippen LogP contribution in [0.1, 0.15) is 41.6 Å². The second kappa shape index (κ2) is 8.69. The molecule has 31 heavy (non-hydrogen) atoms. The standard InChI is InChI=1S/C24H28N2O5/c1-30-21-11-10-17(14-22(21)31-2)20(27)15-24(29)18-8-4-5-9-19(18)26(23(24)28)16-25-12-6-3-7-13-25/h4-5,8-11,14,29H,3,6-7,12-13,15-16H2,1-2H3/t24-/m1/s1. The molecule has 0 aromatic heterocycles. The third kappa shape index (κ3) is 3.91. The number of rotatable bonds is 7. The average molecular weight is 424 g/mol. The third-order valence-electron chi connectivity index (χ3n) is 6.15. The summed E-state index contributed by atoms with van der Waals surface area (Å²) >= 11 is 0. The van der Waals surface area contributed by atoms with E-state index in [9.17, 15) is 14.7 Å². The van der Waals surface area contributed by atoms with Crippen LogP contribution in [0.4, 0.5) is 5.69 Å². The van der Waals surface area contributed by atoms with E-state index in [-0.39, 0.29) is 12.2 Å². The van der Waals surface area contributed by atoms with Gasteiger partial charge in [0.1, 0.15) is 0 Å². The van der Waals surface area contributed by atoms with E-state index in [0.29, 0.717) is 35.0 Å². The highest BCUT2D eigenvalue weighted by molar-refractivity contribution is 6.10. The molecule has 1 atom stereocenters. The van der Waals surface area contributed by atoms with E-state index in [0.717, 1.165) is 25.9 Å². The molecule has 4 rings (SSSR count). The lowest BCUT2D eigenvalue weighted by Gasteiger charge is -2.31. The van der Waals surface area contributed by atoms with Crippen molar-refractivity contribution in [3.63, 3.8) is 0 Å². The summed E-state index contributed by atoms with van der Waals surface area (Å²) in [6.45, 7) is 2.27. The number of hydrogen-bond donors (Lipinski definition) is 1. The predicted octanol–water partition coefficient (Wildman–Crippen LogP) is 2.95. The maximum absolute atomic E-state index is 13.4. The number of fused-ring (bicyclic) bond motifs is 1. The average Bonchev–Trinajstić information content (AvgIpc) is 3.01. The van der Waals surface area contributed by atoms with E-state index >= 15 is 0 Å². The lowest BCUT2D eigenvalue weighted by molar-refractivity contribution is -0.136. The SMILES string of the molecule is COc1ccc(C(=O)C[C@]2(O)C(=O)N(CN3CCCCC3)c3ccccc32)cc1OC. The Balaban J connectivity index is 1.61. The predicted molar refractivity (Wildman–Crippen MR) is 117 cm³/mol. The van der Waals surface area contributed by atoms with Crippen LogP contribution in [0.15, 0.2) is 42.5 Å². The summed E-state index contributed by atoms with van der Waals surface area (Å²) in [7, 11) is 3.02. The van der Waals surface area contributed by atoms with Gasteiger partial charge in [-0.05, 0) is 50.2 Å². The van der Waals surface area contributed by atoms with Gasteiger partial charge in [-0.2, -0.15) is 0 Å². The number of Topliss-reactive ketones (excluding diaryl/α,β-unsaturated/α-hetero) is 1. The normalized spacial score (nSPS) is 21.1. The first-order valence-electron chi connectivity index (χ1n) is 10.6. The first kappa shape index (κ1) is 21.3. The van der Waals surface area contributed by atoms with E-state index in [1.807, 2.05) is 12.1 Å². The van der Waals surface area contributed by atoms with Crippen LogP contribution in [0.5, 0.6) is 11.5 Å². The van der Waals surface area contributed by atoms with E-state index in [4.69, 9.17) is 9.47 Å². The molecular formula is C24H28N2O5. The number of likely N-dealkylation sites (tertiary alicyclic amines) is 1. The van der Waals surface area contributed by atoms with Crippen LogP contribution in [0.3, 0.4) is 0 Å². The highest BCUT2D eigenvalue weighted by atomic mass is 16.5. The molecule has 1 N–H and O–H groups in total. The number of hydrogen-bond acceptors (Lipinski definition) is 6. The van der Waals surface area contributed by atoms with Crippen molar-refractivity contribution in [1.29, 1.82) is 0 Å². The second-order valence-electron chi connectivity index (χ2n) is 8.10. The van der Waals surface area contributed by atoms with Crippen molar-refractivity contribution >= 4 is 17.4 Å². The molecule has 7 heteroatoms. The highest BCUT2D eigenvalue weighted by Crippen LogP contribution is 2.43. The molecule has 0 radical (unpaired) electrons. The number of ketones is 1. The first-order chi connectivity index (χ1) is 15.0. The number of amides is 1. The molecule has 0 aliphatic carbocycles. The van der Waals surface area contributed by atoms with Gasteiger partial charge in [0.05, 0.1) is 33.0 Å². The second-order valence-corrected chi connectivity index (χ2v) is 8.10. The summed E-state index contributed by atoms with van der Waals surface area (Å²) in [6.07, 6.45) is 3.07. The lowest BCUT2D eigenvalue weighted by Crippen LogP contribution is -2.47. The number of carbonyl (C=O) groups excluding carboxylic acids is 2. The number of nitrogens with zero attached hydrogens (tertiary/aromatic N) is 2. The van der Waals surface area contributed by atoms with Gasteiger partial charge in [0.15, 0.2) is 22.9 Å². The number of anilines is 1. The highest BCUT2D eigenvalue weighted by Gasteiger charge is 2.51. The Morgan fingerprint density at radius 2 is 1.74 bits per heavy atom. The fraction of sp³-hybridized carbons (Fsp3) is 0.417. The van der Waals surface area contributed by atoms with E-state index in [2.05, 4.69) is 4.90 Å². The Kier molecular flexibility index (Phi) is 5.98. The van der Waals surface area contributed by atoms with Crippen molar-refractivity contribution in [2.24, 2.45) is 0 Å².